The predicted octanol–water partition coefficient (Wildman–Crippen LogP) is 3.64. The second-order valence-corrected chi connectivity index (χ2v) is 6.73. The van der Waals surface area contributed by atoms with Crippen LogP contribution in [0.5, 0.6) is 5.75 Å². The molecule has 1 heterocycles. The van der Waals surface area contributed by atoms with E-state index in [0.717, 1.165) is 55.7 Å². The Balaban J connectivity index is 0.00000312. The average Bonchev–Trinajstić information content (AvgIpc) is 3.02. The van der Waals surface area contributed by atoms with E-state index in [9.17, 15) is 0 Å². The summed E-state index contributed by atoms with van der Waals surface area (Å²) >= 11 is 1.75. The largest absolute Gasteiger partial charge is 0.494 e. The lowest BCUT2D eigenvalue weighted by molar-refractivity contribution is 0.307. The van der Waals surface area contributed by atoms with Crippen molar-refractivity contribution in [3.63, 3.8) is 0 Å². The van der Waals surface area contributed by atoms with Crippen LogP contribution in [-0.4, -0.2) is 37.7 Å². The molecule has 5 nitrogen and oxygen atoms in total. The van der Waals surface area contributed by atoms with Crippen LogP contribution in [-0.2, 0) is 6.42 Å². The quantitative estimate of drug-likeness (QED) is 0.252. The highest BCUT2D eigenvalue weighted by molar-refractivity contribution is 14.0. The molecule has 25 heavy (non-hydrogen) atoms. The van der Waals surface area contributed by atoms with Crippen LogP contribution in [0.15, 0.2) is 41.5 Å². The number of nitrogens with one attached hydrogen (secondary N) is 2. The first kappa shape index (κ1) is 21.7. The number of benzene rings is 1. The number of rotatable bonds is 9. The molecule has 2 aromatic rings. The van der Waals surface area contributed by atoms with Crippen LogP contribution in [0.4, 0.5) is 0 Å². The van der Waals surface area contributed by atoms with Gasteiger partial charge in [-0.3, -0.25) is 4.99 Å². The van der Waals surface area contributed by atoms with Crippen molar-refractivity contribution in [2.24, 2.45) is 4.99 Å². The van der Waals surface area contributed by atoms with Crippen molar-refractivity contribution in [3.8, 4) is 5.75 Å². The van der Waals surface area contributed by atoms with Gasteiger partial charge in [0.05, 0.1) is 11.6 Å². The molecule has 0 saturated carbocycles. The van der Waals surface area contributed by atoms with Gasteiger partial charge in [0, 0.05) is 37.6 Å². The number of aryl methyl sites for hydroxylation is 1. The molecular formula is C18H27IN4OS. The number of para-hydroxylation sites is 1. The Morgan fingerprint density at radius 1 is 1.16 bits per heavy atom. The first-order valence-corrected chi connectivity index (χ1v) is 9.13. The van der Waals surface area contributed by atoms with Crippen molar-refractivity contribution in [2.75, 3.05) is 26.7 Å². The Morgan fingerprint density at radius 3 is 2.60 bits per heavy atom. The van der Waals surface area contributed by atoms with Crippen molar-refractivity contribution >= 4 is 41.3 Å². The van der Waals surface area contributed by atoms with Crippen molar-refractivity contribution in [1.82, 2.24) is 15.6 Å². The van der Waals surface area contributed by atoms with Gasteiger partial charge in [0.2, 0.25) is 0 Å². The van der Waals surface area contributed by atoms with E-state index in [-0.39, 0.29) is 24.0 Å². The summed E-state index contributed by atoms with van der Waals surface area (Å²) in [6.07, 6.45) is 4.89. The maximum atomic E-state index is 5.68. The minimum atomic E-state index is 0. The summed E-state index contributed by atoms with van der Waals surface area (Å²) in [5.74, 6) is 1.77. The van der Waals surface area contributed by atoms with Gasteiger partial charge in [0.25, 0.3) is 0 Å². The minimum Gasteiger partial charge on any atom is -0.494 e. The monoisotopic (exact) mass is 474 g/mol. The Kier molecular flexibility index (Phi) is 11.2. The minimum absolute atomic E-state index is 0. The number of aromatic nitrogens is 1. The number of thiazole rings is 1. The topological polar surface area (TPSA) is 58.5 Å². The fourth-order valence-electron chi connectivity index (χ4n) is 2.17. The number of ether oxygens (including phenoxy) is 1. The van der Waals surface area contributed by atoms with Crippen LogP contribution in [0.3, 0.4) is 0 Å². The summed E-state index contributed by atoms with van der Waals surface area (Å²) in [6, 6.07) is 9.92. The highest BCUT2D eigenvalue weighted by Gasteiger charge is 2.01. The fourth-order valence-corrected chi connectivity index (χ4v) is 2.95. The van der Waals surface area contributed by atoms with E-state index in [1.807, 2.05) is 36.5 Å². The molecule has 2 N–H and O–H groups in total. The lowest BCUT2D eigenvalue weighted by Crippen LogP contribution is -2.38. The van der Waals surface area contributed by atoms with Gasteiger partial charge < -0.3 is 15.4 Å². The number of hydrogen-bond acceptors (Lipinski definition) is 4. The summed E-state index contributed by atoms with van der Waals surface area (Å²) in [4.78, 5) is 9.85. The highest BCUT2D eigenvalue weighted by Crippen LogP contribution is 2.11. The van der Waals surface area contributed by atoms with Crippen LogP contribution in [0.25, 0.3) is 0 Å². The lowest BCUT2D eigenvalue weighted by atomic mass is 10.3. The van der Waals surface area contributed by atoms with Gasteiger partial charge in [0.15, 0.2) is 5.96 Å². The molecule has 0 atom stereocenters. The van der Waals surface area contributed by atoms with E-state index in [1.54, 1.807) is 18.4 Å². The van der Waals surface area contributed by atoms with Gasteiger partial charge in [-0.2, -0.15) is 0 Å². The molecule has 0 aliphatic rings. The SMILES string of the molecule is CN=C(NCCCCOc1ccccc1)NCCc1ncc(C)s1.I. The standard InChI is InChI=1S/C18H26N4OS.HI/c1-15-14-22-17(24-15)10-12-21-18(19-2)20-11-6-7-13-23-16-8-4-3-5-9-16;/h3-5,8-9,14H,6-7,10-13H2,1-2H3,(H2,19,20,21);1H. The molecule has 0 unspecified atom stereocenters. The van der Waals surface area contributed by atoms with E-state index < -0.39 is 0 Å². The van der Waals surface area contributed by atoms with Gasteiger partial charge in [-0.05, 0) is 31.9 Å². The van der Waals surface area contributed by atoms with Crippen LogP contribution in [0.1, 0.15) is 22.7 Å². The van der Waals surface area contributed by atoms with E-state index in [4.69, 9.17) is 4.74 Å². The summed E-state index contributed by atoms with van der Waals surface area (Å²) in [5, 5.41) is 7.80. The maximum absolute atomic E-state index is 5.68. The smallest absolute Gasteiger partial charge is 0.190 e. The van der Waals surface area contributed by atoms with Crippen molar-refractivity contribution in [3.05, 3.63) is 46.4 Å². The van der Waals surface area contributed by atoms with Crippen LogP contribution >= 0.6 is 35.3 Å². The lowest BCUT2D eigenvalue weighted by Gasteiger charge is -2.11. The third-order valence-electron chi connectivity index (χ3n) is 3.40. The third-order valence-corrected chi connectivity index (χ3v) is 4.37. The van der Waals surface area contributed by atoms with Gasteiger partial charge in [-0.15, -0.1) is 35.3 Å². The zero-order chi connectivity index (χ0) is 17.0. The number of halogens is 1. The van der Waals surface area contributed by atoms with Gasteiger partial charge in [-0.1, -0.05) is 18.2 Å². The molecule has 0 amide bonds. The number of aliphatic imine (C=N–C) groups is 1. The number of unbranched alkanes of at least 4 members (excludes halogenated alkanes) is 1. The average molecular weight is 474 g/mol. The molecule has 0 saturated heterocycles. The first-order valence-electron chi connectivity index (χ1n) is 8.31. The van der Waals surface area contributed by atoms with Crippen molar-refractivity contribution in [1.29, 1.82) is 0 Å². The molecular weight excluding hydrogens is 447 g/mol. The molecule has 0 bridgehead atoms. The molecule has 1 aromatic carbocycles. The van der Waals surface area contributed by atoms with E-state index in [1.165, 1.54) is 4.88 Å². The first-order chi connectivity index (χ1) is 11.8. The Hall–Kier alpha value is -1.35. The summed E-state index contributed by atoms with van der Waals surface area (Å²) in [6.45, 7) is 4.54. The van der Waals surface area contributed by atoms with Gasteiger partial charge in [-0.25, -0.2) is 4.98 Å². The third kappa shape index (κ3) is 9.06. The fraction of sp³-hybridized carbons (Fsp3) is 0.444. The second kappa shape index (κ2) is 12.9. The Morgan fingerprint density at radius 2 is 1.92 bits per heavy atom. The molecule has 0 fully saturated rings. The van der Waals surface area contributed by atoms with Crippen molar-refractivity contribution in [2.45, 2.75) is 26.2 Å². The maximum Gasteiger partial charge on any atom is 0.190 e. The van der Waals surface area contributed by atoms with E-state index in [0.29, 0.717) is 0 Å². The van der Waals surface area contributed by atoms with Crippen LogP contribution < -0.4 is 15.4 Å². The second-order valence-electron chi connectivity index (χ2n) is 5.41. The zero-order valence-electron chi connectivity index (χ0n) is 14.8. The molecule has 0 aliphatic heterocycles. The number of nitrogens with zero attached hydrogens (tertiary/aromatic N) is 2. The van der Waals surface area contributed by atoms with Crippen LogP contribution in [0.2, 0.25) is 0 Å². The molecule has 0 radical (unpaired) electrons. The number of guanidine groups is 1. The normalized spacial score (nSPS) is 10.9. The molecule has 7 heteroatoms. The Labute approximate surface area is 171 Å². The van der Waals surface area contributed by atoms with Crippen molar-refractivity contribution < 1.29 is 4.74 Å². The zero-order valence-corrected chi connectivity index (χ0v) is 18.0. The summed E-state index contributed by atoms with van der Waals surface area (Å²) in [5.41, 5.74) is 0. The molecule has 0 spiro atoms. The molecule has 1 aromatic heterocycles. The van der Waals surface area contributed by atoms with Gasteiger partial charge >= 0.3 is 0 Å². The molecule has 138 valence electrons. The highest BCUT2D eigenvalue weighted by atomic mass is 127. The summed E-state index contributed by atoms with van der Waals surface area (Å²) in [7, 11) is 1.79. The van der Waals surface area contributed by atoms with E-state index >= 15 is 0 Å². The van der Waals surface area contributed by atoms with Gasteiger partial charge in [0.1, 0.15) is 5.75 Å². The van der Waals surface area contributed by atoms with Crippen LogP contribution in [0, 0.1) is 6.92 Å². The predicted molar refractivity (Wildman–Crippen MR) is 117 cm³/mol. The number of hydrogen-bond donors (Lipinski definition) is 2. The van der Waals surface area contributed by atoms with E-state index in [2.05, 4.69) is 27.5 Å². The summed E-state index contributed by atoms with van der Waals surface area (Å²) < 4.78 is 5.68. The molecule has 2 rings (SSSR count). The molecule has 0 aliphatic carbocycles. The Bertz CT molecular complexity index is 619.